The lowest BCUT2D eigenvalue weighted by atomic mass is 10.0. The molecule has 0 bridgehead atoms. The molecule has 76 heavy (non-hydrogen) atoms. The van der Waals surface area contributed by atoms with E-state index in [0.717, 1.165) is 38.5 Å². The Morgan fingerprint density at radius 1 is 0.355 bits per heavy atom. The van der Waals surface area contributed by atoms with Gasteiger partial charge in [0.05, 0.1) is 25.4 Å². The van der Waals surface area contributed by atoms with Crippen LogP contribution in [0.4, 0.5) is 0 Å². The molecule has 0 aliphatic rings. The van der Waals surface area contributed by atoms with Crippen LogP contribution in [-0.4, -0.2) is 47.4 Å². The first-order valence-corrected chi connectivity index (χ1v) is 35.0. The Balaban J connectivity index is 3.37. The van der Waals surface area contributed by atoms with Crippen molar-refractivity contribution in [1.29, 1.82) is 0 Å². The minimum atomic E-state index is -0.844. The van der Waals surface area contributed by atoms with E-state index in [4.69, 9.17) is 4.74 Å². The van der Waals surface area contributed by atoms with Gasteiger partial charge >= 0.3 is 5.97 Å². The number of ether oxygens (including phenoxy) is 1. The Bertz CT molecular complexity index is 1140. The molecule has 0 rings (SSSR count). The van der Waals surface area contributed by atoms with E-state index in [9.17, 15) is 19.8 Å². The van der Waals surface area contributed by atoms with Gasteiger partial charge in [0.15, 0.2) is 0 Å². The highest BCUT2D eigenvalue weighted by Gasteiger charge is 2.18. The molecule has 3 N–H and O–H groups in total. The van der Waals surface area contributed by atoms with E-state index in [1.165, 1.54) is 334 Å². The number of hydrogen-bond acceptors (Lipinski definition) is 5. The average Bonchev–Trinajstić information content (AvgIpc) is 3.42. The third-order valence-electron chi connectivity index (χ3n) is 16.6. The second kappa shape index (κ2) is 66.1. The standard InChI is InChI=1S/C70H137NO5/c1-3-5-7-9-11-13-15-17-19-21-28-31-34-38-42-46-50-54-58-62-68(73)67(66-72)71-69(74)63-59-55-51-47-43-39-35-32-29-26-24-22-23-25-27-30-33-37-41-45-49-53-57-61-65-76-70(75)64-60-56-52-48-44-40-36-20-18-16-14-12-10-8-6-4-2/h58,62,67-68,72-73H,3-57,59-61,63-66H2,1-2H3,(H,71,74)/b62-58+. The van der Waals surface area contributed by atoms with Gasteiger partial charge in [0.25, 0.3) is 0 Å². The topological polar surface area (TPSA) is 95.9 Å². The Hall–Kier alpha value is -1.40. The van der Waals surface area contributed by atoms with Crippen molar-refractivity contribution in [1.82, 2.24) is 5.32 Å². The molecule has 0 aliphatic heterocycles. The normalized spacial score (nSPS) is 12.5. The Morgan fingerprint density at radius 2 is 0.605 bits per heavy atom. The van der Waals surface area contributed by atoms with Gasteiger partial charge in [-0.25, -0.2) is 0 Å². The van der Waals surface area contributed by atoms with E-state index >= 15 is 0 Å². The molecule has 6 heteroatoms. The SMILES string of the molecule is CCCCCCCCCCCCCCCCCCC/C=C/C(O)C(CO)NC(=O)CCCCCCCCCCCCCCCCCCCCCCCCCCOC(=O)CCCCCCCCCCCCCCCCCC. The quantitative estimate of drug-likeness (QED) is 0.0320. The van der Waals surface area contributed by atoms with Crippen molar-refractivity contribution in [2.45, 2.75) is 411 Å². The van der Waals surface area contributed by atoms with Crippen molar-refractivity contribution in [2.24, 2.45) is 0 Å². The monoisotopic (exact) mass is 1070 g/mol. The molecular weight excluding hydrogens is 935 g/mol. The molecule has 0 fully saturated rings. The summed E-state index contributed by atoms with van der Waals surface area (Å²) in [6, 6.07) is -0.627. The smallest absolute Gasteiger partial charge is 0.305 e. The zero-order valence-electron chi connectivity index (χ0n) is 51.8. The van der Waals surface area contributed by atoms with Crippen LogP contribution in [0.3, 0.4) is 0 Å². The Kier molecular flexibility index (Phi) is 64.9. The van der Waals surface area contributed by atoms with Crippen LogP contribution in [0.5, 0.6) is 0 Å². The maximum Gasteiger partial charge on any atom is 0.305 e. The molecule has 0 aromatic rings. The predicted octanol–water partition coefficient (Wildman–Crippen LogP) is 22.4. The molecule has 0 aliphatic carbocycles. The van der Waals surface area contributed by atoms with Gasteiger partial charge in [-0.15, -0.1) is 0 Å². The van der Waals surface area contributed by atoms with E-state index in [2.05, 4.69) is 19.2 Å². The van der Waals surface area contributed by atoms with E-state index < -0.39 is 12.1 Å². The van der Waals surface area contributed by atoms with Gasteiger partial charge in [-0.05, 0) is 32.1 Å². The zero-order valence-corrected chi connectivity index (χ0v) is 51.8. The first kappa shape index (κ1) is 74.6. The van der Waals surface area contributed by atoms with Crippen molar-refractivity contribution < 1.29 is 24.5 Å². The molecule has 0 saturated carbocycles. The number of aliphatic hydroxyl groups is 2. The van der Waals surface area contributed by atoms with Crippen LogP contribution in [0, 0.1) is 0 Å². The largest absolute Gasteiger partial charge is 0.466 e. The summed E-state index contributed by atoms with van der Waals surface area (Å²) in [6.45, 7) is 4.95. The highest BCUT2D eigenvalue weighted by Crippen LogP contribution is 2.19. The van der Waals surface area contributed by atoms with Crippen LogP contribution in [0.25, 0.3) is 0 Å². The molecule has 0 aromatic heterocycles. The number of unbranched alkanes of at least 4 members (excludes halogenated alkanes) is 55. The van der Waals surface area contributed by atoms with E-state index in [-0.39, 0.29) is 18.5 Å². The van der Waals surface area contributed by atoms with Crippen LogP contribution in [0.2, 0.25) is 0 Å². The minimum absolute atomic E-state index is 0.0195. The lowest BCUT2D eigenvalue weighted by Crippen LogP contribution is -2.45. The molecule has 0 radical (unpaired) electrons. The van der Waals surface area contributed by atoms with Crippen LogP contribution in [-0.2, 0) is 14.3 Å². The van der Waals surface area contributed by atoms with Crippen molar-refractivity contribution in [3.8, 4) is 0 Å². The summed E-state index contributed by atoms with van der Waals surface area (Å²) in [6.07, 6.45) is 81.4. The summed E-state index contributed by atoms with van der Waals surface area (Å²) in [5.74, 6) is -0.0431. The lowest BCUT2D eigenvalue weighted by molar-refractivity contribution is -0.143. The van der Waals surface area contributed by atoms with Gasteiger partial charge < -0.3 is 20.3 Å². The van der Waals surface area contributed by atoms with E-state index in [1.54, 1.807) is 6.08 Å². The second-order valence-corrected chi connectivity index (χ2v) is 24.2. The Morgan fingerprint density at radius 3 is 0.895 bits per heavy atom. The number of nitrogens with one attached hydrogen (secondary N) is 1. The van der Waals surface area contributed by atoms with E-state index in [1.807, 2.05) is 6.08 Å². The van der Waals surface area contributed by atoms with Gasteiger partial charge in [-0.2, -0.15) is 0 Å². The van der Waals surface area contributed by atoms with Gasteiger partial charge in [-0.1, -0.05) is 366 Å². The highest BCUT2D eigenvalue weighted by atomic mass is 16.5. The molecular formula is C70H137NO5. The predicted molar refractivity (Wildman–Crippen MR) is 333 cm³/mol. The number of allylic oxidation sites excluding steroid dienone is 1. The number of carbonyl (C=O) groups is 2. The first-order chi connectivity index (χ1) is 37.5. The van der Waals surface area contributed by atoms with Crippen LogP contribution in [0.1, 0.15) is 399 Å². The van der Waals surface area contributed by atoms with Crippen molar-refractivity contribution in [3.05, 3.63) is 12.2 Å². The minimum Gasteiger partial charge on any atom is -0.466 e. The summed E-state index contributed by atoms with van der Waals surface area (Å²) < 4.78 is 5.50. The van der Waals surface area contributed by atoms with Gasteiger partial charge in [0, 0.05) is 12.8 Å². The summed E-state index contributed by atoms with van der Waals surface area (Å²) in [4.78, 5) is 24.6. The molecule has 2 atom stereocenters. The van der Waals surface area contributed by atoms with Crippen molar-refractivity contribution in [3.63, 3.8) is 0 Å². The fourth-order valence-corrected chi connectivity index (χ4v) is 11.2. The average molecular weight is 1070 g/mol. The molecule has 1 amide bonds. The van der Waals surface area contributed by atoms with Crippen LogP contribution < -0.4 is 5.32 Å². The third kappa shape index (κ3) is 61.8. The summed E-state index contributed by atoms with van der Waals surface area (Å²) in [5.41, 5.74) is 0. The zero-order chi connectivity index (χ0) is 55.0. The molecule has 0 spiro atoms. The number of aliphatic hydroxyl groups excluding tert-OH is 2. The number of rotatable bonds is 66. The fourth-order valence-electron chi connectivity index (χ4n) is 11.2. The number of esters is 1. The van der Waals surface area contributed by atoms with Crippen molar-refractivity contribution >= 4 is 11.9 Å². The van der Waals surface area contributed by atoms with Crippen molar-refractivity contribution in [2.75, 3.05) is 13.2 Å². The van der Waals surface area contributed by atoms with E-state index in [0.29, 0.717) is 19.4 Å². The maximum absolute atomic E-state index is 12.5. The number of amides is 1. The molecule has 0 saturated heterocycles. The van der Waals surface area contributed by atoms with Crippen LogP contribution >= 0.6 is 0 Å². The molecule has 2 unspecified atom stereocenters. The molecule has 6 nitrogen and oxygen atoms in total. The Labute approximate surface area is 476 Å². The molecule has 0 heterocycles. The number of carbonyl (C=O) groups excluding carboxylic acids is 2. The summed E-state index contributed by atoms with van der Waals surface area (Å²) in [7, 11) is 0. The highest BCUT2D eigenvalue weighted by molar-refractivity contribution is 5.76. The lowest BCUT2D eigenvalue weighted by Gasteiger charge is -2.20. The summed E-state index contributed by atoms with van der Waals surface area (Å²) in [5, 5.41) is 23.2. The number of hydrogen-bond donors (Lipinski definition) is 3. The summed E-state index contributed by atoms with van der Waals surface area (Å²) >= 11 is 0. The fraction of sp³-hybridized carbons (Fsp3) is 0.943. The molecule has 0 aromatic carbocycles. The van der Waals surface area contributed by atoms with Gasteiger partial charge in [0.2, 0.25) is 5.91 Å². The second-order valence-electron chi connectivity index (χ2n) is 24.2. The van der Waals surface area contributed by atoms with Gasteiger partial charge in [0.1, 0.15) is 0 Å². The molecule has 452 valence electrons. The third-order valence-corrected chi connectivity index (χ3v) is 16.6. The van der Waals surface area contributed by atoms with Gasteiger partial charge in [-0.3, -0.25) is 9.59 Å². The van der Waals surface area contributed by atoms with Crippen LogP contribution in [0.15, 0.2) is 12.2 Å². The first-order valence-electron chi connectivity index (χ1n) is 35.0. The maximum atomic E-state index is 12.5.